The predicted octanol–water partition coefficient (Wildman–Crippen LogP) is 0.775. The van der Waals surface area contributed by atoms with E-state index in [9.17, 15) is 0 Å². The maximum Gasteiger partial charge on any atom is 0.0474 e. The van der Waals surface area contributed by atoms with Gasteiger partial charge >= 0.3 is 0 Å². The predicted molar refractivity (Wildman–Crippen MR) is 52.7 cm³/mol. The first-order valence-corrected chi connectivity index (χ1v) is 5.13. The quantitative estimate of drug-likeness (QED) is 0.552. The Kier molecular flexibility index (Phi) is 4.70. The van der Waals surface area contributed by atoms with Gasteiger partial charge in [-0.05, 0) is 37.6 Å². The van der Waals surface area contributed by atoms with Crippen molar-refractivity contribution >= 4 is 0 Å². The number of hydrogen-bond donors (Lipinski definition) is 2. The van der Waals surface area contributed by atoms with Crippen LogP contribution in [0.3, 0.4) is 0 Å². The Hall–Kier alpha value is -0.120. The molecule has 0 saturated heterocycles. The minimum Gasteiger partial charge on any atom is -0.396 e. The summed E-state index contributed by atoms with van der Waals surface area (Å²) in [4.78, 5) is 0. The molecule has 0 aliphatic heterocycles. The number of nitrogens with one attached hydrogen (secondary N) is 1. The van der Waals surface area contributed by atoms with Gasteiger partial charge in [0.2, 0.25) is 0 Å². The molecule has 0 amide bonds. The Morgan fingerprint density at radius 3 is 2.77 bits per heavy atom. The van der Waals surface area contributed by atoms with Crippen LogP contribution in [0.2, 0.25) is 0 Å². The van der Waals surface area contributed by atoms with Gasteiger partial charge in [0.25, 0.3) is 0 Å². The lowest BCUT2D eigenvalue weighted by molar-refractivity contribution is 0.192. The fraction of sp³-hybridized carbons (Fsp3) is 1.00. The highest BCUT2D eigenvalue weighted by Gasteiger charge is 2.40. The molecule has 1 aliphatic carbocycles. The van der Waals surface area contributed by atoms with E-state index in [4.69, 9.17) is 9.84 Å². The monoisotopic (exact) mass is 187 g/mol. The van der Waals surface area contributed by atoms with Crippen molar-refractivity contribution in [2.24, 2.45) is 5.41 Å². The van der Waals surface area contributed by atoms with Crippen LogP contribution >= 0.6 is 0 Å². The normalized spacial score (nSPS) is 18.9. The summed E-state index contributed by atoms with van der Waals surface area (Å²) in [6.07, 6.45) is 4.60. The Bertz CT molecular complexity index is 135. The number of hydrogen-bond acceptors (Lipinski definition) is 3. The number of methoxy groups -OCH3 is 1. The molecule has 1 saturated carbocycles. The van der Waals surface area contributed by atoms with Crippen molar-refractivity contribution in [1.29, 1.82) is 0 Å². The van der Waals surface area contributed by atoms with E-state index < -0.39 is 0 Å². The highest BCUT2D eigenvalue weighted by molar-refractivity contribution is 4.94. The summed E-state index contributed by atoms with van der Waals surface area (Å²) < 4.78 is 4.96. The average molecular weight is 187 g/mol. The number of rotatable bonds is 8. The van der Waals surface area contributed by atoms with Gasteiger partial charge in [-0.15, -0.1) is 0 Å². The average Bonchev–Trinajstić information content (AvgIpc) is 2.86. The number of ether oxygens (including phenoxy) is 1. The second-order valence-corrected chi connectivity index (χ2v) is 4.00. The van der Waals surface area contributed by atoms with Crippen molar-refractivity contribution in [3.63, 3.8) is 0 Å². The lowest BCUT2D eigenvalue weighted by Gasteiger charge is -2.14. The Morgan fingerprint density at radius 1 is 1.46 bits per heavy atom. The van der Waals surface area contributed by atoms with Gasteiger partial charge < -0.3 is 15.2 Å². The van der Waals surface area contributed by atoms with Crippen LogP contribution in [0.15, 0.2) is 0 Å². The summed E-state index contributed by atoms with van der Waals surface area (Å²) >= 11 is 0. The molecule has 3 nitrogen and oxygen atoms in total. The van der Waals surface area contributed by atoms with Crippen LogP contribution < -0.4 is 5.32 Å². The fourth-order valence-corrected chi connectivity index (χ4v) is 1.62. The molecular formula is C10H21NO2. The van der Waals surface area contributed by atoms with Gasteiger partial charge in [-0.1, -0.05) is 0 Å². The minimum atomic E-state index is 0.333. The molecule has 2 N–H and O–H groups in total. The topological polar surface area (TPSA) is 41.5 Å². The third-order valence-corrected chi connectivity index (χ3v) is 2.80. The van der Waals surface area contributed by atoms with Crippen molar-refractivity contribution in [2.75, 3.05) is 33.4 Å². The van der Waals surface area contributed by atoms with Crippen LogP contribution in [-0.4, -0.2) is 38.5 Å². The van der Waals surface area contributed by atoms with Crippen LogP contribution in [0.4, 0.5) is 0 Å². The first-order valence-electron chi connectivity index (χ1n) is 5.13. The smallest absolute Gasteiger partial charge is 0.0474 e. The largest absolute Gasteiger partial charge is 0.396 e. The second-order valence-electron chi connectivity index (χ2n) is 4.00. The summed E-state index contributed by atoms with van der Waals surface area (Å²) in [5.41, 5.74) is 0.446. The van der Waals surface area contributed by atoms with Gasteiger partial charge in [0.15, 0.2) is 0 Å². The van der Waals surface area contributed by atoms with E-state index in [-0.39, 0.29) is 0 Å². The maximum atomic E-state index is 8.83. The first kappa shape index (κ1) is 11.0. The minimum absolute atomic E-state index is 0.333. The lowest BCUT2D eigenvalue weighted by atomic mass is 10.0. The Balaban J connectivity index is 1.93. The third kappa shape index (κ3) is 4.07. The molecule has 3 heteroatoms. The Morgan fingerprint density at radius 2 is 2.23 bits per heavy atom. The highest BCUT2D eigenvalue weighted by atomic mass is 16.5. The third-order valence-electron chi connectivity index (χ3n) is 2.80. The molecule has 1 fully saturated rings. The first-order chi connectivity index (χ1) is 6.33. The van der Waals surface area contributed by atoms with Crippen LogP contribution in [0, 0.1) is 5.41 Å². The van der Waals surface area contributed by atoms with Gasteiger partial charge in [-0.2, -0.15) is 0 Å². The van der Waals surface area contributed by atoms with Crippen LogP contribution in [0.25, 0.3) is 0 Å². The molecule has 1 aliphatic rings. The van der Waals surface area contributed by atoms with Crippen LogP contribution in [0.1, 0.15) is 25.7 Å². The second kappa shape index (κ2) is 5.58. The molecular weight excluding hydrogens is 166 g/mol. The van der Waals surface area contributed by atoms with Gasteiger partial charge in [-0.25, -0.2) is 0 Å². The van der Waals surface area contributed by atoms with E-state index >= 15 is 0 Å². The zero-order chi connectivity index (χ0) is 9.57. The summed E-state index contributed by atoms with van der Waals surface area (Å²) in [7, 11) is 1.73. The summed E-state index contributed by atoms with van der Waals surface area (Å²) in [6.45, 7) is 3.26. The van der Waals surface area contributed by atoms with Gasteiger partial charge in [-0.3, -0.25) is 0 Å². The molecule has 0 atom stereocenters. The number of aliphatic hydroxyl groups excluding tert-OH is 1. The van der Waals surface area contributed by atoms with E-state index in [1.54, 1.807) is 7.11 Å². The van der Waals surface area contributed by atoms with E-state index in [2.05, 4.69) is 5.32 Å². The molecule has 1 rings (SSSR count). The van der Waals surface area contributed by atoms with Crippen molar-refractivity contribution < 1.29 is 9.84 Å². The van der Waals surface area contributed by atoms with E-state index in [0.29, 0.717) is 12.0 Å². The van der Waals surface area contributed by atoms with E-state index in [1.165, 1.54) is 12.8 Å². The summed E-state index contributed by atoms with van der Waals surface area (Å²) in [6, 6.07) is 0. The van der Waals surface area contributed by atoms with Gasteiger partial charge in [0.1, 0.15) is 0 Å². The van der Waals surface area contributed by atoms with E-state index in [1.807, 2.05) is 0 Å². The van der Waals surface area contributed by atoms with Crippen LogP contribution in [-0.2, 0) is 4.74 Å². The summed E-state index contributed by atoms with van der Waals surface area (Å²) in [5.74, 6) is 0. The molecule has 0 aromatic carbocycles. The van der Waals surface area contributed by atoms with Gasteiger partial charge in [0.05, 0.1) is 0 Å². The highest BCUT2D eigenvalue weighted by Crippen LogP contribution is 2.47. The zero-order valence-corrected chi connectivity index (χ0v) is 8.51. The van der Waals surface area contributed by atoms with Crippen molar-refractivity contribution in [2.45, 2.75) is 25.7 Å². The molecule has 0 spiro atoms. The molecule has 0 aromatic heterocycles. The maximum absolute atomic E-state index is 8.83. The summed E-state index contributed by atoms with van der Waals surface area (Å²) in [5, 5.41) is 12.3. The van der Waals surface area contributed by atoms with Crippen molar-refractivity contribution in [1.82, 2.24) is 5.32 Å². The molecule has 13 heavy (non-hydrogen) atoms. The van der Waals surface area contributed by atoms with Gasteiger partial charge in [0, 0.05) is 26.9 Å². The van der Waals surface area contributed by atoms with E-state index in [0.717, 1.165) is 32.5 Å². The fourth-order valence-electron chi connectivity index (χ4n) is 1.62. The molecule has 0 aromatic rings. The van der Waals surface area contributed by atoms with Crippen molar-refractivity contribution in [3.05, 3.63) is 0 Å². The molecule has 78 valence electrons. The molecule has 0 radical (unpaired) electrons. The SMILES string of the molecule is COCCCNCC1(CCO)CC1. The lowest BCUT2D eigenvalue weighted by Crippen LogP contribution is -2.26. The van der Waals surface area contributed by atoms with Crippen molar-refractivity contribution in [3.8, 4) is 0 Å². The molecule has 0 bridgehead atoms. The number of aliphatic hydroxyl groups is 1. The Labute approximate surface area is 80.5 Å². The zero-order valence-electron chi connectivity index (χ0n) is 8.51. The molecule has 0 heterocycles. The standard InChI is InChI=1S/C10H21NO2/c1-13-8-2-6-11-9-10(3-4-10)5-7-12/h11-12H,2-9H2,1H3. The molecule has 0 unspecified atom stereocenters. The van der Waals surface area contributed by atoms with Crippen LogP contribution in [0.5, 0.6) is 0 Å².